The zero-order chi connectivity index (χ0) is 22.5. The van der Waals surface area contributed by atoms with Crippen molar-refractivity contribution in [2.45, 2.75) is 0 Å². The van der Waals surface area contributed by atoms with Gasteiger partial charge in [0.1, 0.15) is 5.75 Å². The number of ether oxygens (including phenoxy) is 1. The highest BCUT2D eigenvalue weighted by Crippen LogP contribution is 2.23. The summed E-state index contributed by atoms with van der Waals surface area (Å²) in [6, 6.07) is 24.5. The van der Waals surface area contributed by atoms with Crippen molar-refractivity contribution in [1.82, 2.24) is 5.43 Å². The Morgan fingerprint density at radius 1 is 0.781 bits per heavy atom. The number of nitrogens with zero attached hydrogens (tertiary/aromatic N) is 1. The van der Waals surface area contributed by atoms with E-state index in [2.05, 4.69) is 10.5 Å². The molecule has 0 atom stereocenters. The second-order valence-electron chi connectivity index (χ2n) is 6.85. The lowest BCUT2D eigenvalue weighted by Crippen LogP contribution is -2.17. The molecule has 0 fully saturated rings. The van der Waals surface area contributed by atoms with E-state index < -0.39 is 5.97 Å². The predicted octanol–water partition coefficient (Wildman–Crippen LogP) is 6.13. The zero-order valence-electron chi connectivity index (χ0n) is 16.6. The number of rotatable bonds is 5. The van der Waals surface area contributed by atoms with Gasteiger partial charge in [-0.25, -0.2) is 10.2 Å². The Hall–Kier alpha value is -3.67. The maximum atomic E-state index is 12.3. The molecule has 0 aliphatic heterocycles. The van der Waals surface area contributed by atoms with Crippen LogP contribution in [0.2, 0.25) is 10.0 Å². The summed E-state index contributed by atoms with van der Waals surface area (Å²) in [6.45, 7) is 0. The third-order valence-electron chi connectivity index (χ3n) is 4.64. The fourth-order valence-electron chi connectivity index (χ4n) is 2.97. The molecule has 1 amide bonds. The van der Waals surface area contributed by atoms with Gasteiger partial charge in [0.15, 0.2) is 0 Å². The quantitative estimate of drug-likeness (QED) is 0.168. The van der Waals surface area contributed by atoms with E-state index in [9.17, 15) is 9.59 Å². The summed E-state index contributed by atoms with van der Waals surface area (Å²) < 4.78 is 5.33. The topological polar surface area (TPSA) is 67.8 Å². The first-order chi connectivity index (χ1) is 15.5. The van der Waals surface area contributed by atoms with Crippen molar-refractivity contribution >= 4 is 52.1 Å². The molecule has 0 heterocycles. The van der Waals surface area contributed by atoms with E-state index in [0.29, 0.717) is 21.9 Å². The van der Waals surface area contributed by atoms with Crippen LogP contribution in [0.25, 0.3) is 10.8 Å². The molecule has 158 valence electrons. The van der Waals surface area contributed by atoms with Gasteiger partial charge in [-0.2, -0.15) is 5.10 Å². The molecular weight excluding hydrogens is 447 g/mol. The molecule has 4 aromatic rings. The van der Waals surface area contributed by atoms with Crippen LogP contribution in [0.3, 0.4) is 0 Å². The van der Waals surface area contributed by atoms with Gasteiger partial charge < -0.3 is 4.74 Å². The molecule has 0 bridgehead atoms. The minimum atomic E-state index is -0.548. The number of esters is 1. The van der Waals surface area contributed by atoms with Crippen molar-refractivity contribution in [3.63, 3.8) is 0 Å². The second kappa shape index (κ2) is 9.64. The van der Waals surface area contributed by atoms with E-state index in [1.54, 1.807) is 30.3 Å². The van der Waals surface area contributed by atoms with E-state index in [1.807, 2.05) is 36.4 Å². The molecule has 0 saturated heterocycles. The van der Waals surface area contributed by atoms with Gasteiger partial charge in [-0.05, 0) is 70.9 Å². The number of hydrogen-bond acceptors (Lipinski definition) is 4. The molecule has 5 nitrogen and oxygen atoms in total. The van der Waals surface area contributed by atoms with Crippen molar-refractivity contribution in [2.24, 2.45) is 5.10 Å². The summed E-state index contributed by atoms with van der Waals surface area (Å²) in [4.78, 5) is 24.6. The van der Waals surface area contributed by atoms with Crippen LogP contribution in [0.1, 0.15) is 26.3 Å². The van der Waals surface area contributed by atoms with Crippen LogP contribution in [-0.4, -0.2) is 18.1 Å². The maximum Gasteiger partial charge on any atom is 0.343 e. The predicted molar refractivity (Wildman–Crippen MR) is 127 cm³/mol. The Morgan fingerprint density at radius 2 is 1.50 bits per heavy atom. The van der Waals surface area contributed by atoms with E-state index in [0.717, 1.165) is 16.3 Å². The number of halogens is 2. The Kier molecular flexibility index (Phi) is 6.50. The van der Waals surface area contributed by atoms with Gasteiger partial charge in [-0.15, -0.1) is 0 Å². The normalized spacial score (nSPS) is 10.9. The van der Waals surface area contributed by atoms with Gasteiger partial charge in [0.05, 0.1) is 21.8 Å². The molecule has 0 saturated carbocycles. The van der Waals surface area contributed by atoms with Crippen LogP contribution < -0.4 is 10.2 Å². The molecule has 32 heavy (non-hydrogen) atoms. The van der Waals surface area contributed by atoms with Crippen molar-refractivity contribution in [1.29, 1.82) is 0 Å². The molecule has 0 aliphatic rings. The van der Waals surface area contributed by atoms with Crippen molar-refractivity contribution < 1.29 is 14.3 Å². The lowest BCUT2D eigenvalue weighted by molar-refractivity contribution is 0.0734. The average Bonchev–Trinajstić information content (AvgIpc) is 2.81. The van der Waals surface area contributed by atoms with E-state index >= 15 is 0 Å². The zero-order valence-corrected chi connectivity index (χ0v) is 18.1. The van der Waals surface area contributed by atoms with Gasteiger partial charge in [0, 0.05) is 5.56 Å². The minimum Gasteiger partial charge on any atom is -0.423 e. The Labute approximate surface area is 194 Å². The van der Waals surface area contributed by atoms with E-state index in [4.69, 9.17) is 27.9 Å². The number of amides is 1. The molecule has 4 aromatic carbocycles. The lowest BCUT2D eigenvalue weighted by Gasteiger charge is -2.05. The van der Waals surface area contributed by atoms with Gasteiger partial charge in [0.2, 0.25) is 0 Å². The van der Waals surface area contributed by atoms with Crippen LogP contribution in [0, 0.1) is 0 Å². The Bertz CT molecular complexity index is 1330. The molecule has 0 unspecified atom stereocenters. The third-order valence-corrected chi connectivity index (χ3v) is 5.38. The lowest BCUT2D eigenvalue weighted by atomic mass is 10.1. The monoisotopic (exact) mass is 462 g/mol. The molecule has 0 aliphatic carbocycles. The third kappa shape index (κ3) is 5.14. The Morgan fingerprint density at radius 3 is 2.25 bits per heavy atom. The van der Waals surface area contributed by atoms with Crippen LogP contribution in [-0.2, 0) is 0 Å². The number of carbonyl (C=O) groups excluding carboxylic acids is 2. The Balaban J connectivity index is 1.35. The van der Waals surface area contributed by atoms with Gasteiger partial charge in [-0.1, -0.05) is 53.5 Å². The van der Waals surface area contributed by atoms with Gasteiger partial charge in [0.25, 0.3) is 5.91 Å². The number of fused-ring (bicyclic) bond motifs is 1. The number of benzene rings is 4. The molecular formula is C25H16Cl2N2O3. The van der Waals surface area contributed by atoms with Gasteiger partial charge in [-0.3, -0.25) is 4.79 Å². The van der Waals surface area contributed by atoms with Crippen LogP contribution in [0.5, 0.6) is 5.75 Å². The van der Waals surface area contributed by atoms with E-state index in [1.165, 1.54) is 24.4 Å². The molecule has 0 radical (unpaired) electrons. The van der Waals surface area contributed by atoms with Crippen LogP contribution >= 0.6 is 23.2 Å². The molecule has 7 heteroatoms. The molecule has 0 aromatic heterocycles. The number of carbonyl (C=O) groups is 2. The number of hydrogen-bond donors (Lipinski definition) is 1. The SMILES string of the molecule is O=C(N/N=C/c1ccc(OC(=O)c2ccc(Cl)c(Cl)c2)cc1)c1ccc2ccccc2c1. The van der Waals surface area contributed by atoms with Gasteiger partial charge >= 0.3 is 5.97 Å². The maximum absolute atomic E-state index is 12.3. The van der Waals surface area contributed by atoms with Crippen LogP contribution in [0.15, 0.2) is 90.0 Å². The first kappa shape index (κ1) is 21.6. The smallest absolute Gasteiger partial charge is 0.343 e. The summed E-state index contributed by atoms with van der Waals surface area (Å²) in [7, 11) is 0. The summed E-state index contributed by atoms with van der Waals surface area (Å²) in [6.07, 6.45) is 1.50. The van der Waals surface area contributed by atoms with E-state index in [-0.39, 0.29) is 10.9 Å². The average molecular weight is 463 g/mol. The summed E-state index contributed by atoms with van der Waals surface area (Å²) in [5, 5.41) is 6.68. The van der Waals surface area contributed by atoms with Crippen molar-refractivity contribution in [3.8, 4) is 5.75 Å². The first-order valence-corrected chi connectivity index (χ1v) is 10.3. The fourth-order valence-corrected chi connectivity index (χ4v) is 3.27. The number of hydrazone groups is 1. The van der Waals surface area contributed by atoms with Crippen molar-refractivity contribution in [3.05, 3.63) is 112 Å². The summed E-state index contributed by atoms with van der Waals surface area (Å²) >= 11 is 11.8. The second-order valence-corrected chi connectivity index (χ2v) is 7.66. The fraction of sp³-hybridized carbons (Fsp3) is 0. The number of nitrogens with one attached hydrogen (secondary N) is 1. The minimum absolute atomic E-state index is 0.276. The highest BCUT2D eigenvalue weighted by atomic mass is 35.5. The molecule has 1 N–H and O–H groups in total. The molecule has 0 spiro atoms. The summed E-state index contributed by atoms with van der Waals surface area (Å²) in [5.41, 5.74) is 4.04. The first-order valence-electron chi connectivity index (χ1n) is 9.59. The standard InChI is InChI=1S/C25H16Cl2N2O3/c26-22-12-9-20(14-23(22)27)25(31)32-21-10-5-16(6-11-21)15-28-29-24(30)19-8-7-17-3-1-2-4-18(17)13-19/h1-15H,(H,29,30)/b28-15+. The summed E-state index contributed by atoms with van der Waals surface area (Å²) in [5.74, 6) is -0.495. The largest absolute Gasteiger partial charge is 0.423 e. The van der Waals surface area contributed by atoms with Crippen LogP contribution in [0.4, 0.5) is 0 Å². The molecule has 4 rings (SSSR count). The highest BCUT2D eigenvalue weighted by Gasteiger charge is 2.11. The highest BCUT2D eigenvalue weighted by molar-refractivity contribution is 6.42. The van der Waals surface area contributed by atoms with Crippen molar-refractivity contribution in [2.75, 3.05) is 0 Å².